The number of aryl methyl sites for hydroxylation is 1. The molecule has 0 saturated heterocycles. The van der Waals surface area contributed by atoms with E-state index in [1.807, 2.05) is 18.5 Å². The molecule has 0 saturated carbocycles. The maximum absolute atomic E-state index is 5.68. The molecule has 1 aromatic rings. The zero-order valence-corrected chi connectivity index (χ0v) is 13.4. The van der Waals surface area contributed by atoms with Crippen molar-refractivity contribution in [3.63, 3.8) is 0 Å². The first-order chi connectivity index (χ1) is 10.4. The molecular weight excluding hydrogens is 260 g/mol. The quantitative estimate of drug-likeness (QED) is 0.525. The van der Waals surface area contributed by atoms with Crippen molar-refractivity contribution in [1.29, 1.82) is 0 Å². The molecule has 0 spiro atoms. The summed E-state index contributed by atoms with van der Waals surface area (Å²) >= 11 is 0. The minimum atomic E-state index is 0.845. The van der Waals surface area contributed by atoms with E-state index in [2.05, 4.69) is 11.1 Å². The number of nitrogens with zero attached hydrogens (tertiary/aromatic N) is 1. The average Bonchev–Trinajstić information content (AvgIpc) is 2.53. The van der Waals surface area contributed by atoms with Gasteiger partial charge in [0.2, 0.25) is 0 Å². The Bertz CT molecular complexity index is 316. The fraction of sp³-hybridized carbons (Fsp3) is 0.722. The number of unbranched alkanes of at least 4 members (excludes halogenated alkanes) is 7. The monoisotopic (exact) mass is 292 g/mol. The second kappa shape index (κ2) is 14.0. The van der Waals surface area contributed by atoms with Gasteiger partial charge in [-0.25, -0.2) is 0 Å². The Hall–Kier alpha value is -0.930. The lowest BCUT2D eigenvalue weighted by Crippen LogP contribution is -1.99. The lowest BCUT2D eigenvalue weighted by atomic mass is 10.1. The van der Waals surface area contributed by atoms with Crippen molar-refractivity contribution in [2.75, 3.05) is 19.8 Å². The highest BCUT2D eigenvalue weighted by Crippen LogP contribution is 2.08. The standard InChI is InChI=1S/C18H32N2O/c19-13-7-5-3-1-2-4-6-8-15-21-16-10-12-18-11-9-14-20-17-18/h9,11,14,17H,1-8,10,12-13,15-16,19H2. The molecule has 0 bridgehead atoms. The summed E-state index contributed by atoms with van der Waals surface area (Å²) in [5, 5.41) is 0. The summed E-state index contributed by atoms with van der Waals surface area (Å²) in [7, 11) is 0. The van der Waals surface area contributed by atoms with Gasteiger partial charge < -0.3 is 10.5 Å². The molecule has 1 heterocycles. The van der Waals surface area contributed by atoms with E-state index in [0.717, 1.165) is 32.6 Å². The topological polar surface area (TPSA) is 48.1 Å². The van der Waals surface area contributed by atoms with Crippen LogP contribution in [-0.2, 0) is 11.2 Å². The van der Waals surface area contributed by atoms with Crippen molar-refractivity contribution in [1.82, 2.24) is 4.98 Å². The minimum absolute atomic E-state index is 0.845. The number of hydrogen-bond donors (Lipinski definition) is 1. The number of rotatable bonds is 14. The first-order valence-corrected chi connectivity index (χ1v) is 8.60. The molecule has 0 aliphatic heterocycles. The summed E-state index contributed by atoms with van der Waals surface area (Å²) in [5.74, 6) is 0. The Morgan fingerprint density at radius 3 is 2.19 bits per heavy atom. The van der Waals surface area contributed by atoms with Gasteiger partial charge in [0.25, 0.3) is 0 Å². The molecule has 0 unspecified atom stereocenters. The second-order valence-electron chi connectivity index (χ2n) is 5.69. The van der Waals surface area contributed by atoms with Gasteiger partial charge in [0.05, 0.1) is 0 Å². The maximum Gasteiger partial charge on any atom is 0.0469 e. The van der Waals surface area contributed by atoms with Crippen LogP contribution in [0, 0.1) is 0 Å². The highest BCUT2D eigenvalue weighted by molar-refractivity contribution is 5.08. The molecule has 1 aromatic heterocycles. The predicted molar refractivity (Wildman–Crippen MR) is 89.4 cm³/mol. The fourth-order valence-corrected chi connectivity index (χ4v) is 2.44. The van der Waals surface area contributed by atoms with Crippen LogP contribution in [0.5, 0.6) is 0 Å². The van der Waals surface area contributed by atoms with Crippen molar-refractivity contribution >= 4 is 0 Å². The lowest BCUT2D eigenvalue weighted by molar-refractivity contribution is 0.127. The van der Waals surface area contributed by atoms with E-state index in [0.29, 0.717) is 0 Å². The van der Waals surface area contributed by atoms with Gasteiger partial charge in [-0.1, -0.05) is 44.6 Å². The Morgan fingerprint density at radius 1 is 0.857 bits per heavy atom. The predicted octanol–water partition coefficient (Wildman–Crippen LogP) is 4.11. The van der Waals surface area contributed by atoms with Gasteiger partial charge in [0, 0.05) is 25.6 Å². The molecule has 120 valence electrons. The molecule has 3 nitrogen and oxygen atoms in total. The maximum atomic E-state index is 5.68. The first-order valence-electron chi connectivity index (χ1n) is 8.60. The van der Waals surface area contributed by atoms with Crippen molar-refractivity contribution < 1.29 is 4.74 Å². The van der Waals surface area contributed by atoms with E-state index in [1.165, 1.54) is 56.9 Å². The van der Waals surface area contributed by atoms with Crippen LogP contribution < -0.4 is 5.73 Å². The average molecular weight is 292 g/mol. The smallest absolute Gasteiger partial charge is 0.0469 e. The van der Waals surface area contributed by atoms with Gasteiger partial charge >= 0.3 is 0 Å². The summed E-state index contributed by atoms with van der Waals surface area (Å²) in [6.45, 7) is 2.63. The van der Waals surface area contributed by atoms with Crippen molar-refractivity contribution in [3.8, 4) is 0 Å². The summed E-state index contributed by atoms with van der Waals surface area (Å²) in [5.41, 5.74) is 6.78. The van der Waals surface area contributed by atoms with Crippen LogP contribution in [0.4, 0.5) is 0 Å². The summed E-state index contributed by atoms with van der Waals surface area (Å²) in [6, 6.07) is 4.12. The molecule has 0 aromatic carbocycles. The summed E-state index contributed by atoms with van der Waals surface area (Å²) in [4.78, 5) is 4.12. The molecule has 0 amide bonds. The first kappa shape index (κ1) is 18.1. The van der Waals surface area contributed by atoms with Gasteiger partial charge in [0.15, 0.2) is 0 Å². The Kier molecular flexibility index (Phi) is 12.1. The molecule has 3 heteroatoms. The van der Waals surface area contributed by atoms with Crippen LogP contribution >= 0.6 is 0 Å². The third-order valence-electron chi connectivity index (χ3n) is 3.72. The van der Waals surface area contributed by atoms with E-state index < -0.39 is 0 Å². The SMILES string of the molecule is NCCCCCCCCCCOCCCc1cccnc1. The Morgan fingerprint density at radius 2 is 1.52 bits per heavy atom. The van der Waals surface area contributed by atoms with Crippen LogP contribution in [0.25, 0.3) is 0 Å². The van der Waals surface area contributed by atoms with Crippen LogP contribution in [0.1, 0.15) is 63.4 Å². The highest BCUT2D eigenvalue weighted by atomic mass is 16.5. The van der Waals surface area contributed by atoms with Gasteiger partial charge in [-0.2, -0.15) is 0 Å². The third kappa shape index (κ3) is 11.4. The van der Waals surface area contributed by atoms with E-state index >= 15 is 0 Å². The van der Waals surface area contributed by atoms with E-state index in [4.69, 9.17) is 10.5 Å². The molecule has 0 aliphatic carbocycles. The lowest BCUT2D eigenvalue weighted by Gasteiger charge is -2.05. The largest absolute Gasteiger partial charge is 0.381 e. The van der Waals surface area contributed by atoms with Crippen molar-refractivity contribution in [2.45, 2.75) is 64.2 Å². The van der Waals surface area contributed by atoms with E-state index in [1.54, 1.807) is 0 Å². The van der Waals surface area contributed by atoms with E-state index in [-0.39, 0.29) is 0 Å². The zero-order chi connectivity index (χ0) is 15.0. The normalized spacial score (nSPS) is 10.9. The van der Waals surface area contributed by atoms with E-state index in [9.17, 15) is 0 Å². The second-order valence-corrected chi connectivity index (χ2v) is 5.69. The fourth-order valence-electron chi connectivity index (χ4n) is 2.44. The molecule has 21 heavy (non-hydrogen) atoms. The molecule has 2 N–H and O–H groups in total. The molecular formula is C18H32N2O. The minimum Gasteiger partial charge on any atom is -0.381 e. The van der Waals surface area contributed by atoms with Gasteiger partial charge in [-0.05, 0) is 43.9 Å². The van der Waals surface area contributed by atoms with Crippen molar-refractivity contribution in [2.24, 2.45) is 5.73 Å². The van der Waals surface area contributed by atoms with Gasteiger partial charge in [0.1, 0.15) is 0 Å². The van der Waals surface area contributed by atoms with Crippen molar-refractivity contribution in [3.05, 3.63) is 30.1 Å². The molecule has 1 rings (SSSR count). The third-order valence-corrected chi connectivity index (χ3v) is 3.72. The van der Waals surface area contributed by atoms with Crippen LogP contribution in [-0.4, -0.2) is 24.7 Å². The molecule has 0 aliphatic rings. The highest BCUT2D eigenvalue weighted by Gasteiger charge is 1.95. The zero-order valence-electron chi connectivity index (χ0n) is 13.4. The summed E-state index contributed by atoms with van der Waals surface area (Å²) in [6.07, 6.45) is 16.3. The Labute approximate surface area is 130 Å². The number of nitrogens with two attached hydrogens (primary N) is 1. The number of aromatic nitrogens is 1. The summed E-state index contributed by atoms with van der Waals surface area (Å²) < 4.78 is 5.68. The van der Waals surface area contributed by atoms with Crippen LogP contribution in [0.3, 0.4) is 0 Å². The van der Waals surface area contributed by atoms with Gasteiger partial charge in [-0.15, -0.1) is 0 Å². The number of hydrogen-bond acceptors (Lipinski definition) is 3. The number of pyridine rings is 1. The van der Waals surface area contributed by atoms with Gasteiger partial charge in [-0.3, -0.25) is 4.98 Å². The number of ether oxygens (including phenoxy) is 1. The van der Waals surface area contributed by atoms with Crippen LogP contribution in [0.15, 0.2) is 24.5 Å². The Balaban J connectivity index is 1.75. The molecule has 0 fully saturated rings. The molecule has 0 radical (unpaired) electrons. The molecule has 0 atom stereocenters. The van der Waals surface area contributed by atoms with Crippen LogP contribution in [0.2, 0.25) is 0 Å².